The predicted octanol–water partition coefficient (Wildman–Crippen LogP) is 5.09. The minimum atomic E-state index is 0.212. The first kappa shape index (κ1) is 16.1. The zero-order chi connectivity index (χ0) is 15.2. The maximum atomic E-state index is 5.66. The molecule has 1 N–H and O–H groups in total. The smallest absolute Gasteiger partial charge is 0.119 e. The average molecular weight is 348 g/mol. The lowest BCUT2D eigenvalue weighted by Gasteiger charge is -2.16. The van der Waals surface area contributed by atoms with Gasteiger partial charge in [-0.05, 0) is 56.2 Å². The van der Waals surface area contributed by atoms with Crippen molar-refractivity contribution < 1.29 is 4.74 Å². The lowest BCUT2D eigenvalue weighted by atomic mass is 10.1. The molecule has 0 aliphatic carbocycles. The lowest BCUT2D eigenvalue weighted by molar-refractivity contribution is 0.242. The van der Waals surface area contributed by atoms with E-state index in [4.69, 9.17) is 4.74 Å². The van der Waals surface area contributed by atoms with Crippen molar-refractivity contribution in [2.24, 2.45) is 0 Å². The van der Waals surface area contributed by atoms with Gasteiger partial charge >= 0.3 is 0 Å². The van der Waals surface area contributed by atoms with E-state index in [1.807, 2.05) is 26.0 Å². The van der Waals surface area contributed by atoms with Crippen molar-refractivity contribution in [1.29, 1.82) is 0 Å². The summed E-state index contributed by atoms with van der Waals surface area (Å²) in [6, 6.07) is 17.0. The molecule has 0 heterocycles. The van der Waals surface area contributed by atoms with Crippen LogP contribution in [0.2, 0.25) is 0 Å². The molecule has 1 atom stereocenters. The molecular formula is C18H22BrNO. The average Bonchev–Trinajstić information content (AvgIpc) is 2.46. The summed E-state index contributed by atoms with van der Waals surface area (Å²) in [6.07, 6.45) is 0.212. The van der Waals surface area contributed by atoms with E-state index in [2.05, 4.69) is 64.6 Å². The lowest BCUT2D eigenvalue weighted by Crippen LogP contribution is -2.18. The molecule has 0 spiro atoms. The molecule has 0 radical (unpaired) electrons. The molecule has 2 aromatic rings. The van der Waals surface area contributed by atoms with Crippen LogP contribution in [0.5, 0.6) is 5.75 Å². The van der Waals surface area contributed by atoms with E-state index in [1.165, 1.54) is 11.1 Å². The van der Waals surface area contributed by atoms with Crippen LogP contribution in [0, 0.1) is 0 Å². The van der Waals surface area contributed by atoms with Crippen molar-refractivity contribution >= 4 is 15.9 Å². The van der Waals surface area contributed by atoms with E-state index in [0.29, 0.717) is 6.04 Å². The fourth-order valence-corrected chi connectivity index (χ4v) is 2.36. The number of halogens is 1. The zero-order valence-electron chi connectivity index (χ0n) is 12.8. The van der Waals surface area contributed by atoms with Crippen LogP contribution in [0.3, 0.4) is 0 Å². The largest absolute Gasteiger partial charge is 0.491 e. The van der Waals surface area contributed by atoms with Gasteiger partial charge in [0.1, 0.15) is 5.75 Å². The molecule has 0 aromatic heterocycles. The first-order chi connectivity index (χ1) is 10.0. The Morgan fingerprint density at radius 2 is 1.57 bits per heavy atom. The molecule has 0 saturated heterocycles. The number of hydrogen-bond donors (Lipinski definition) is 1. The van der Waals surface area contributed by atoms with Crippen molar-refractivity contribution in [1.82, 2.24) is 5.32 Å². The fraction of sp³-hybridized carbons (Fsp3) is 0.333. The van der Waals surface area contributed by atoms with Gasteiger partial charge in [0.05, 0.1) is 6.10 Å². The highest BCUT2D eigenvalue weighted by Crippen LogP contribution is 2.19. The monoisotopic (exact) mass is 347 g/mol. The van der Waals surface area contributed by atoms with Crippen LogP contribution in [0.15, 0.2) is 53.0 Å². The van der Waals surface area contributed by atoms with Crippen molar-refractivity contribution in [3.05, 3.63) is 64.1 Å². The molecule has 21 heavy (non-hydrogen) atoms. The molecule has 0 bridgehead atoms. The molecule has 0 amide bonds. The highest BCUT2D eigenvalue weighted by atomic mass is 79.9. The fourth-order valence-electron chi connectivity index (χ4n) is 2.10. The van der Waals surface area contributed by atoms with Gasteiger partial charge in [0.25, 0.3) is 0 Å². The SMILES string of the molecule is CC(C)Oc1ccc(C(C)NCc2ccc(Br)cc2)cc1. The summed E-state index contributed by atoms with van der Waals surface area (Å²) in [5.41, 5.74) is 2.55. The second-order valence-corrected chi connectivity index (χ2v) is 6.38. The minimum Gasteiger partial charge on any atom is -0.491 e. The summed E-state index contributed by atoms with van der Waals surface area (Å²) in [6.45, 7) is 7.11. The Labute approximate surface area is 135 Å². The normalized spacial score (nSPS) is 12.4. The van der Waals surface area contributed by atoms with Crippen LogP contribution < -0.4 is 10.1 Å². The van der Waals surface area contributed by atoms with Crippen LogP contribution in [0.4, 0.5) is 0 Å². The third-order valence-electron chi connectivity index (χ3n) is 3.28. The van der Waals surface area contributed by atoms with Crippen molar-refractivity contribution in [3.63, 3.8) is 0 Å². The Hall–Kier alpha value is -1.32. The van der Waals surface area contributed by atoms with E-state index < -0.39 is 0 Å². The first-order valence-corrected chi connectivity index (χ1v) is 8.08. The summed E-state index contributed by atoms with van der Waals surface area (Å²) in [4.78, 5) is 0. The number of rotatable bonds is 6. The Balaban J connectivity index is 1.90. The van der Waals surface area contributed by atoms with E-state index in [-0.39, 0.29) is 6.10 Å². The molecule has 2 rings (SSSR count). The maximum Gasteiger partial charge on any atom is 0.119 e. The number of hydrogen-bond acceptors (Lipinski definition) is 2. The van der Waals surface area contributed by atoms with Gasteiger partial charge in [-0.1, -0.05) is 40.2 Å². The summed E-state index contributed by atoms with van der Waals surface area (Å²) in [7, 11) is 0. The Kier molecular flexibility index (Phi) is 5.83. The van der Waals surface area contributed by atoms with Crippen LogP contribution >= 0.6 is 15.9 Å². The topological polar surface area (TPSA) is 21.3 Å². The van der Waals surface area contributed by atoms with E-state index in [0.717, 1.165) is 16.8 Å². The van der Waals surface area contributed by atoms with Crippen LogP contribution in [-0.2, 0) is 6.54 Å². The zero-order valence-corrected chi connectivity index (χ0v) is 14.4. The summed E-state index contributed by atoms with van der Waals surface area (Å²) in [5.74, 6) is 0.925. The molecular weight excluding hydrogens is 326 g/mol. The van der Waals surface area contributed by atoms with Gasteiger partial charge in [-0.15, -0.1) is 0 Å². The molecule has 0 fully saturated rings. The van der Waals surface area contributed by atoms with E-state index in [9.17, 15) is 0 Å². The molecule has 0 saturated carbocycles. The number of benzene rings is 2. The first-order valence-electron chi connectivity index (χ1n) is 7.29. The minimum absolute atomic E-state index is 0.212. The number of nitrogens with one attached hydrogen (secondary N) is 1. The van der Waals surface area contributed by atoms with Gasteiger partial charge in [-0.3, -0.25) is 0 Å². The highest BCUT2D eigenvalue weighted by molar-refractivity contribution is 9.10. The van der Waals surface area contributed by atoms with Crippen LogP contribution in [-0.4, -0.2) is 6.10 Å². The Bertz CT molecular complexity index is 548. The molecule has 3 heteroatoms. The van der Waals surface area contributed by atoms with Gasteiger partial charge in [0.2, 0.25) is 0 Å². The number of ether oxygens (including phenoxy) is 1. The van der Waals surface area contributed by atoms with Crippen LogP contribution in [0.1, 0.15) is 37.9 Å². The van der Waals surface area contributed by atoms with E-state index in [1.54, 1.807) is 0 Å². The maximum absolute atomic E-state index is 5.66. The molecule has 0 aliphatic heterocycles. The van der Waals surface area contributed by atoms with Gasteiger partial charge in [-0.2, -0.15) is 0 Å². The summed E-state index contributed by atoms with van der Waals surface area (Å²) in [5, 5.41) is 3.54. The quantitative estimate of drug-likeness (QED) is 0.785. The predicted molar refractivity (Wildman–Crippen MR) is 91.6 cm³/mol. The molecule has 2 nitrogen and oxygen atoms in total. The summed E-state index contributed by atoms with van der Waals surface area (Å²) < 4.78 is 6.78. The second kappa shape index (κ2) is 7.62. The Morgan fingerprint density at radius 3 is 2.14 bits per heavy atom. The molecule has 2 aromatic carbocycles. The summed E-state index contributed by atoms with van der Waals surface area (Å²) >= 11 is 3.45. The molecule has 112 valence electrons. The second-order valence-electron chi connectivity index (χ2n) is 5.46. The highest BCUT2D eigenvalue weighted by Gasteiger charge is 2.05. The van der Waals surface area contributed by atoms with E-state index >= 15 is 0 Å². The van der Waals surface area contributed by atoms with Gasteiger partial charge in [0.15, 0.2) is 0 Å². The third kappa shape index (κ3) is 5.18. The standard InChI is InChI=1S/C18H22BrNO/c1-13(2)21-18-10-6-16(7-11-18)14(3)20-12-15-4-8-17(19)9-5-15/h4-11,13-14,20H,12H2,1-3H3. The van der Waals surface area contributed by atoms with Gasteiger partial charge in [0, 0.05) is 17.1 Å². The van der Waals surface area contributed by atoms with Crippen molar-refractivity contribution in [2.75, 3.05) is 0 Å². The van der Waals surface area contributed by atoms with Crippen molar-refractivity contribution in [2.45, 2.75) is 39.5 Å². The van der Waals surface area contributed by atoms with Gasteiger partial charge in [-0.25, -0.2) is 0 Å². The van der Waals surface area contributed by atoms with Gasteiger partial charge < -0.3 is 10.1 Å². The van der Waals surface area contributed by atoms with Crippen LogP contribution in [0.25, 0.3) is 0 Å². The molecule has 1 unspecified atom stereocenters. The molecule has 0 aliphatic rings. The van der Waals surface area contributed by atoms with Crippen molar-refractivity contribution in [3.8, 4) is 5.75 Å². The Morgan fingerprint density at radius 1 is 0.952 bits per heavy atom. The third-order valence-corrected chi connectivity index (χ3v) is 3.81.